The topological polar surface area (TPSA) is 60.2 Å². The SMILES string of the molecule is CCCC1CCC(C(NN)c2cncc(OCC)c2)CC1. The summed E-state index contributed by atoms with van der Waals surface area (Å²) < 4.78 is 5.55. The lowest BCUT2D eigenvalue weighted by Crippen LogP contribution is -2.35. The Labute approximate surface area is 128 Å². The van der Waals surface area contributed by atoms with E-state index in [4.69, 9.17) is 10.6 Å². The van der Waals surface area contributed by atoms with Crippen LogP contribution in [0.15, 0.2) is 18.5 Å². The van der Waals surface area contributed by atoms with Crippen molar-refractivity contribution in [2.45, 2.75) is 58.4 Å². The van der Waals surface area contributed by atoms with E-state index in [9.17, 15) is 0 Å². The molecule has 1 atom stereocenters. The molecule has 1 fully saturated rings. The van der Waals surface area contributed by atoms with Crippen molar-refractivity contribution in [3.63, 3.8) is 0 Å². The number of hydrazine groups is 1. The van der Waals surface area contributed by atoms with Crippen LogP contribution in [0.1, 0.15) is 64.0 Å². The highest BCUT2D eigenvalue weighted by atomic mass is 16.5. The lowest BCUT2D eigenvalue weighted by Gasteiger charge is -2.33. The van der Waals surface area contributed by atoms with Crippen molar-refractivity contribution in [1.82, 2.24) is 10.4 Å². The first-order chi connectivity index (χ1) is 10.3. The molecule has 1 aromatic heterocycles. The third-order valence-electron chi connectivity index (χ3n) is 4.64. The molecule has 1 aliphatic rings. The number of aromatic nitrogens is 1. The second-order valence-electron chi connectivity index (χ2n) is 6.10. The van der Waals surface area contributed by atoms with Gasteiger partial charge in [-0.15, -0.1) is 0 Å². The summed E-state index contributed by atoms with van der Waals surface area (Å²) in [5.74, 6) is 8.18. The largest absolute Gasteiger partial charge is 0.492 e. The van der Waals surface area contributed by atoms with Gasteiger partial charge in [-0.05, 0) is 43.2 Å². The summed E-state index contributed by atoms with van der Waals surface area (Å²) in [5, 5.41) is 0. The van der Waals surface area contributed by atoms with E-state index in [1.807, 2.05) is 13.1 Å². The number of hydrogen-bond donors (Lipinski definition) is 2. The molecule has 21 heavy (non-hydrogen) atoms. The lowest BCUT2D eigenvalue weighted by atomic mass is 9.76. The summed E-state index contributed by atoms with van der Waals surface area (Å²) in [7, 11) is 0. The average molecular weight is 291 g/mol. The Morgan fingerprint density at radius 3 is 2.67 bits per heavy atom. The van der Waals surface area contributed by atoms with Gasteiger partial charge in [0.15, 0.2) is 0 Å². The normalized spacial score (nSPS) is 23.8. The first-order valence-electron chi connectivity index (χ1n) is 8.32. The number of rotatable bonds is 7. The molecule has 1 aromatic rings. The summed E-state index contributed by atoms with van der Waals surface area (Å²) in [6.45, 7) is 4.93. The molecule has 1 aliphatic carbocycles. The number of ether oxygens (including phenoxy) is 1. The standard InChI is InChI=1S/C17H29N3O/c1-3-5-13-6-8-14(9-7-13)17(20-18)15-10-16(21-4-2)12-19-11-15/h10-14,17,20H,3-9,18H2,1-2H3. The first kappa shape index (κ1) is 16.2. The van der Waals surface area contributed by atoms with Crippen LogP contribution in [0, 0.1) is 11.8 Å². The Kier molecular flexibility index (Phi) is 6.46. The van der Waals surface area contributed by atoms with Gasteiger partial charge in [-0.25, -0.2) is 0 Å². The van der Waals surface area contributed by atoms with Gasteiger partial charge in [-0.1, -0.05) is 32.6 Å². The number of hydrogen-bond acceptors (Lipinski definition) is 4. The Hall–Kier alpha value is -1.13. The van der Waals surface area contributed by atoms with Gasteiger partial charge in [0.25, 0.3) is 0 Å². The molecule has 0 bridgehead atoms. The highest BCUT2D eigenvalue weighted by molar-refractivity contribution is 5.26. The highest BCUT2D eigenvalue weighted by Gasteiger charge is 2.28. The number of pyridine rings is 1. The average Bonchev–Trinajstić information content (AvgIpc) is 2.51. The monoisotopic (exact) mass is 291 g/mol. The van der Waals surface area contributed by atoms with Gasteiger partial charge in [0.2, 0.25) is 0 Å². The molecule has 0 radical (unpaired) electrons. The maximum atomic E-state index is 5.83. The summed E-state index contributed by atoms with van der Waals surface area (Å²) in [4.78, 5) is 4.29. The van der Waals surface area contributed by atoms with Crippen LogP contribution in [0.3, 0.4) is 0 Å². The molecule has 0 amide bonds. The van der Waals surface area contributed by atoms with Crippen LogP contribution < -0.4 is 16.0 Å². The van der Waals surface area contributed by atoms with Crippen LogP contribution in [-0.2, 0) is 0 Å². The number of nitrogens with zero attached hydrogens (tertiary/aromatic N) is 1. The smallest absolute Gasteiger partial charge is 0.137 e. The van der Waals surface area contributed by atoms with E-state index in [1.165, 1.54) is 38.5 Å². The Morgan fingerprint density at radius 2 is 2.05 bits per heavy atom. The van der Waals surface area contributed by atoms with E-state index in [0.29, 0.717) is 12.5 Å². The third kappa shape index (κ3) is 4.42. The molecule has 3 N–H and O–H groups in total. The molecule has 0 aliphatic heterocycles. The van der Waals surface area contributed by atoms with Crippen molar-refractivity contribution >= 4 is 0 Å². The van der Waals surface area contributed by atoms with Crippen LogP contribution in [0.4, 0.5) is 0 Å². The predicted molar refractivity (Wildman–Crippen MR) is 85.8 cm³/mol. The molecule has 0 saturated heterocycles. The van der Waals surface area contributed by atoms with Gasteiger partial charge in [0.05, 0.1) is 18.8 Å². The Balaban J connectivity index is 2.01. The van der Waals surface area contributed by atoms with E-state index < -0.39 is 0 Å². The van der Waals surface area contributed by atoms with E-state index in [2.05, 4.69) is 23.4 Å². The Morgan fingerprint density at radius 1 is 1.29 bits per heavy atom. The van der Waals surface area contributed by atoms with E-state index in [1.54, 1.807) is 6.20 Å². The third-order valence-corrected chi connectivity index (χ3v) is 4.64. The highest BCUT2D eigenvalue weighted by Crippen LogP contribution is 2.38. The maximum Gasteiger partial charge on any atom is 0.137 e. The van der Waals surface area contributed by atoms with Gasteiger partial charge < -0.3 is 4.74 Å². The summed E-state index contributed by atoms with van der Waals surface area (Å²) in [6.07, 6.45) is 11.5. The molecule has 4 heteroatoms. The fraction of sp³-hybridized carbons (Fsp3) is 0.706. The lowest BCUT2D eigenvalue weighted by molar-refractivity contribution is 0.214. The molecule has 118 valence electrons. The van der Waals surface area contributed by atoms with Crippen molar-refractivity contribution in [3.05, 3.63) is 24.0 Å². The summed E-state index contributed by atoms with van der Waals surface area (Å²) in [5.41, 5.74) is 4.15. The minimum atomic E-state index is 0.181. The molecule has 4 nitrogen and oxygen atoms in total. The van der Waals surface area contributed by atoms with Crippen LogP contribution in [0.5, 0.6) is 5.75 Å². The predicted octanol–water partition coefficient (Wildman–Crippen LogP) is 3.59. The van der Waals surface area contributed by atoms with Gasteiger partial charge >= 0.3 is 0 Å². The summed E-state index contributed by atoms with van der Waals surface area (Å²) in [6, 6.07) is 2.25. The molecular weight excluding hydrogens is 262 g/mol. The van der Waals surface area contributed by atoms with E-state index in [-0.39, 0.29) is 6.04 Å². The molecule has 1 unspecified atom stereocenters. The van der Waals surface area contributed by atoms with Crippen molar-refractivity contribution in [3.8, 4) is 5.75 Å². The number of nitrogens with one attached hydrogen (secondary N) is 1. The van der Waals surface area contributed by atoms with Crippen LogP contribution >= 0.6 is 0 Å². The minimum absolute atomic E-state index is 0.181. The Bertz CT molecular complexity index is 416. The van der Waals surface area contributed by atoms with Crippen LogP contribution in [-0.4, -0.2) is 11.6 Å². The molecule has 1 heterocycles. The fourth-order valence-corrected chi connectivity index (χ4v) is 3.57. The van der Waals surface area contributed by atoms with Gasteiger partial charge in [-0.3, -0.25) is 16.3 Å². The fourth-order valence-electron chi connectivity index (χ4n) is 3.57. The number of nitrogens with two attached hydrogens (primary N) is 1. The summed E-state index contributed by atoms with van der Waals surface area (Å²) >= 11 is 0. The van der Waals surface area contributed by atoms with Crippen molar-refractivity contribution in [2.75, 3.05) is 6.61 Å². The van der Waals surface area contributed by atoms with Crippen molar-refractivity contribution in [1.29, 1.82) is 0 Å². The second kappa shape index (κ2) is 8.35. The van der Waals surface area contributed by atoms with Crippen LogP contribution in [0.2, 0.25) is 0 Å². The molecular formula is C17H29N3O. The first-order valence-corrected chi connectivity index (χ1v) is 8.32. The van der Waals surface area contributed by atoms with E-state index >= 15 is 0 Å². The molecule has 0 spiro atoms. The van der Waals surface area contributed by atoms with Gasteiger partial charge in [-0.2, -0.15) is 0 Å². The van der Waals surface area contributed by atoms with E-state index in [0.717, 1.165) is 17.2 Å². The minimum Gasteiger partial charge on any atom is -0.492 e. The van der Waals surface area contributed by atoms with Gasteiger partial charge in [0, 0.05) is 6.20 Å². The quantitative estimate of drug-likeness (QED) is 0.595. The second-order valence-corrected chi connectivity index (χ2v) is 6.10. The zero-order chi connectivity index (χ0) is 15.1. The zero-order valence-electron chi connectivity index (χ0n) is 13.3. The zero-order valence-corrected chi connectivity index (χ0v) is 13.3. The molecule has 1 saturated carbocycles. The van der Waals surface area contributed by atoms with Crippen molar-refractivity contribution in [2.24, 2.45) is 17.7 Å². The maximum absolute atomic E-state index is 5.83. The van der Waals surface area contributed by atoms with Crippen LogP contribution in [0.25, 0.3) is 0 Å². The van der Waals surface area contributed by atoms with Gasteiger partial charge in [0.1, 0.15) is 5.75 Å². The molecule has 2 rings (SSSR count). The van der Waals surface area contributed by atoms with Crippen molar-refractivity contribution < 1.29 is 4.74 Å². The molecule has 0 aromatic carbocycles.